The Morgan fingerprint density at radius 1 is 1.20 bits per heavy atom. The molecule has 2 N–H and O–H groups in total. The van der Waals surface area contributed by atoms with Gasteiger partial charge >= 0.3 is 0 Å². The van der Waals surface area contributed by atoms with Gasteiger partial charge in [-0.15, -0.1) is 0 Å². The number of amidine groups is 1. The number of rotatable bonds is 1. The van der Waals surface area contributed by atoms with E-state index in [1.54, 1.807) is 12.1 Å². The van der Waals surface area contributed by atoms with E-state index in [2.05, 4.69) is 29.5 Å². The van der Waals surface area contributed by atoms with E-state index in [9.17, 15) is 9.18 Å². The van der Waals surface area contributed by atoms with Crippen LogP contribution in [0, 0.1) is 11.2 Å². The highest BCUT2D eigenvalue weighted by molar-refractivity contribution is 6.04. The molecular weight excluding hydrogens is 383 g/mol. The van der Waals surface area contributed by atoms with Crippen LogP contribution in [0.4, 0.5) is 4.39 Å². The van der Waals surface area contributed by atoms with Gasteiger partial charge in [0, 0.05) is 17.7 Å². The average molecular weight is 406 g/mol. The number of Topliss-reactive ketones (excluding diaryl/α,β-unsaturated/α-hetero) is 1. The molecule has 3 unspecified atom stereocenters. The molecule has 0 saturated carbocycles. The number of aliphatic imine (C=N–C) groups is 2. The molecule has 0 bridgehead atoms. The minimum atomic E-state index is -0.577. The van der Waals surface area contributed by atoms with Crippen molar-refractivity contribution in [2.45, 2.75) is 44.9 Å². The Hall–Kier alpha value is -3.22. The first kappa shape index (κ1) is 18.8. The lowest BCUT2D eigenvalue weighted by Gasteiger charge is -2.37. The molecule has 2 aliphatic carbocycles. The predicted molar refractivity (Wildman–Crippen MR) is 112 cm³/mol. The van der Waals surface area contributed by atoms with Crippen molar-refractivity contribution in [1.29, 1.82) is 0 Å². The SMILES string of the molecule is CC1(C)CC(=O)C2=C(C1)NC(NC1=NC3C=CC=CC3O1)=NC2c1cccc(F)c1. The summed E-state index contributed by atoms with van der Waals surface area (Å²) in [6.45, 7) is 4.14. The van der Waals surface area contributed by atoms with E-state index >= 15 is 0 Å². The van der Waals surface area contributed by atoms with Crippen LogP contribution in [0.25, 0.3) is 0 Å². The first-order valence-electron chi connectivity index (χ1n) is 10.1. The van der Waals surface area contributed by atoms with Crippen LogP contribution in [0.2, 0.25) is 0 Å². The zero-order valence-corrected chi connectivity index (χ0v) is 16.9. The first-order chi connectivity index (χ1) is 14.4. The molecule has 0 amide bonds. The molecule has 0 fully saturated rings. The van der Waals surface area contributed by atoms with E-state index in [1.165, 1.54) is 12.1 Å². The van der Waals surface area contributed by atoms with Gasteiger partial charge in [-0.1, -0.05) is 44.2 Å². The van der Waals surface area contributed by atoms with Gasteiger partial charge in [0.25, 0.3) is 6.02 Å². The summed E-state index contributed by atoms with van der Waals surface area (Å²) in [6, 6.07) is 5.99. The Morgan fingerprint density at radius 2 is 2.03 bits per heavy atom. The van der Waals surface area contributed by atoms with E-state index in [0.717, 1.165) is 5.70 Å². The van der Waals surface area contributed by atoms with Crippen molar-refractivity contribution in [3.8, 4) is 0 Å². The monoisotopic (exact) mass is 406 g/mol. The third kappa shape index (κ3) is 3.44. The van der Waals surface area contributed by atoms with Crippen LogP contribution in [0.5, 0.6) is 0 Å². The Balaban J connectivity index is 1.49. The van der Waals surface area contributed by atoms with Gasteiger partial charge in [0.05, 0.1) is 0 Å². The number of fused-ring (bicyclic) bond motifs is 1. The molecule has 2 heterocycles. The van der Waals surface area contributed by atoms with Gasteiger partial charge in [-0.2, -0.15) is 0 Å². The number of halogens is 1. The van der Waals surface area contributed by atoms with Gasteiger partial charge in [0.15, 0.2) is 5.78 Å². The molecule has 0 radical (unpaired) electrons. The van der Waals surface area contributed by atoms with Crippen molar-refractivity contribution in [2.24, 2.45) is 15.4 Å². The lowest BCUT2D eigenvalue weighted by molar-refractivity contribution is -0.118. The summed E-state index contributed by atoms with van der Waals surface area (Å²) in [5, 5.41) is 6.39. The molecule has 1 aromatic rings. The molecule has 7 heteroatoms. The normalized spacial score (nSPS) is 28.8. The average Bonchev–Trinajstić information content (AvgIpc) is 3.08. The van der Waals surface area contributed by atoms with Crippen LogP contribution >= 0.6 is 0 Å². The van der Waals surface area contributed by atoms with Crippen LogP contribution in [0.3, 0.4) is 0 Å². The number of carbonyl (C=O) groups excluding carboxylic acids is 1. The Morgan fingerprint density at radius 3 is 2.83 bits per heavy atom. The van der Waals surface area contributed by atoms with Crippen LogP contribution in [-0.4, -0.2) is 29.9 Å². The molecule has 154 valence electrons. The fourth-order valence-corrected chi connectivity index (χ4v) is 4.37. The number of nitrogens with one attached hydrogen (secondary N) is 2. The lowest BCUT2D eigenvalue weighted by Crippen LogP contribution is -2.47. The van der Waals surface area contributed by atoms with Gasteiger partial charge in [0.2, 0.25) is 5.96 Å². The minimum absolute atomic E-state index is 0.0431. The van der Waals surface area contributed by atoms with Crippen LogP contribution in [-0.2, 0) is 9.53 Å². The number of ketones is 1. The van der Waals surface area contributed by atoms with E-state index in [1.807, 2.05) is 24.3 Å². The topological polar surface area (TPSA) is 75.1 Å². The zero-order valence-electron chi connectivity index (χ0n) is 16.9. The molecule has 2 aliphatic heterocycles. The fourth-order valence-electron chi connectivity index (χ4n) is 4.37. The summed E-state index contributed by atoms with van der Waals surface area (Å²) in [7, 11) is 0. The van der Waals surface area contributed by atoms with Crippen molar-refractivity contribution in [1.82, 2.24) is 10.6 Å². The molecule has 6 nitrogen and oxygen atoms in total. The second kappa shape index (κ2) is 6.93. The van der Waals surface area contributed by atoms with Crippen LogP contribution in [0.1, 0.15) is 38.3 Å². The van der Waals surface area contributed by atoms with E-state index in [0.29, 0.717) is 36.0 Å². The standard InChI is InChI=1S/C23H23FN4O2/c1-23(2)11-16-19(17(29)12-23)20(13-6-5-7-14(24)10-13)27-21(25-16)28-22-26-15-8-3-4-9-18(15)30-22/h3-10,15,18,20H,11-12H2,1-2H3,(H2,25,26,27,28). The summed E-state index contributed by atoms with van der Waals surface area (Å²) < 4.78 is 19.8. The zero-order chi connectivity index (χ0) is 20.9. The number of guanidine groups is 1. The highest BCUT2D eigenvalue weighted by Gasteiger charge is 2.40. The van der Waals surface area contributed by atoms with E-state index in [4.69, 9.17) is 9.73 Å². The maximum absolute atomic E-state index is 13.9. The molecule has 5 rings (SSSR count). The number of carbonyl (C=O) groups is 1. The van der Waals surface area contributed by atoms with Crippen molar-refractivity contribution in [2.75, 3.05) is 0 Å². The molecule has 30 heavy (non-hydrogen) atoms. The van der Waals surface area contributed by atoms with Crippen molar-refractivity contribution >= 4 is 17.8 Å². The van der Waals surface area contributed by atoms with Gasteiger partial charge in [0.1, 0.15) is 24.0 Å². The number of hydrogen-bond donors (Lipinski definition) is 2. The Kier molecular flexibility index (Phi) is 4.34. The van der Waals surface area contributed by atoms with Crippen molar-refractivity contribution in [3.63, 3.8) is 0 Å². The molecular formula is C23H23FN4O2. The number of allylic oxidation sites excluding steroid dienone is 3. The van der Waals surface area contributed by atoms with Crippen molar-refractivity contribution < 1.29 is 13.9 Å². The first-order valence-corrected chi connectivity index (χ1v) is 10.1. The fraction of sp³-hybridized carbons (Fsp3) is 0.348. The summed E-state index contributed by atoms with van der Waals surface area (Å²) in [5.41, 5.74) is 1.91. The minimum Gasteiger partial charge on any atom is -0.455 e. The third-order valence-electron chi connectivity index (χ3n) is 5.68. The van der Waals surface area contributed by atoms with E-state index in [-0.39, 0.29) is 29.2 Å². The number of hydrogen-bond acceptors (Lipinski definition) is 6. The number of ether oxygens (including phenoxy) is 1. The second-order valence-corrected chi connectivity index (χ2v) is 8.80. The van der Waals surface area contributed by atoms with Crippen LogP contribution in [0.15, 0.2) is 69.8 Å². The summed E-state index contributed by atoms with van der Waals surface area (Å²) in [6.07, 6.45) is 8.82. The molecule has 0 spiro atoms. The smallest absolute Gasteiger partial charge is 0.292 e. The Labute approximate surface area is 174 Å². The second-order valence-electron chi connectivity index (χ2n) is 8.80. The molecule has 0 saturated heterocycles. The van der Waals surface area contributed by atoms with Crippen molar-refractivity contribution in [3.05, 3.63) is 71.2 Å². The maximum Gasteiger partial charge on any atom is 0.292 e. The lowest BCUT2D eigenvalue weighted by atomic mass is 9.73. The largest absolute Gasteiger partial charge is 0.455 e. The van der Waals surface area contributed by atoms with E-state index < -0.39 is 6.04 Å². The highest BCUT2D eigenvalue weighted by atomic mass is 19.1. The highest BCUT2D eigenvalue weighted by Crippen LogP contribution is 2.42. The van der Waals surface area contributed by atoms with Gasteiger partial charge in [-0.25, -0.2) is 14.4 Å². The summed E-state index contributed by atoms with van der Waals surface area (Å²) >= 11 is 0. The van der Waals surface area contributed by atoms with Gasteiger partial charge in [-0.05, 0) is 35.6 Å². The Bertz CT molecular complexity index is 1070. The molecule has 4 aliphatic rings. The third-order valence-corrected chi connectivity index (χ3v) is 5.68. The number of benzene rings is 1. The predicted octanol–water partition coefficient (Wildman–Crippen LogP) is 3.31. The summed E-state index contributed by atoms with van der Waals surface area (Å²) in [4.78, 5) is 22.2. The van der Waals surface area contributed by atoms with Gasteiger partial charge < -0.3 is 10.1 Å². The van der Waals surface area contributed by atoms with Crippen LogP contribution < -0.4 is 10.6 Å². The van der Waals surface area contributed by atoms with Gasteiger partial charge in [-0.3, -0.25) is 10.1 Å². The number of nitrogens with zero attached hydrogens (tertiary/aromatic N) is 2. The summed E-state index contributed by atoms with van der Waals surface area (Å²) in [5.74, 6) is 0.132. The molecule has 1 aromatic carbocycles. The quantitative estimate of drug-likeness (QED) is 0.750. The molecule has 0 aromatic heterocycles. The maximum atomic E-state index is 13.9. The molecule has 3 atom stereocenters.